The number of hydrogen-bond donors (Lipinski definition) is 1. The third-order valence-corrected chi connectivity index (χ3v) is 7.58. The fraction of sp³-hybridized carbons (Fsp3) is 0.391. The van der Waals surface area contributed by atoms with E-state index in [1.165, 1.54) is 16.2 Å². The Labute approximate surface area is 199 Å². The van der Waals surface area contributed by atoms with Gasteiger partial charge in [0.25, 0.3) is 5.56 Å². The summed E-state index contributed by atoms with van der Waals surface area (Å²) < 4.78 is 7.05. The fourth-order valence-corrected chi connectivity index (χ4v) is 5.72. The number of thiophene rings is 2. The number of rotatable bonds is 8. The fourth-order valence-electron chi connectivity index (χ4n) is 3.80. The number of nitrogens with zero attached hydrogens (tertiary/aromatic N) is 4. The van der Waals surface area contributed by atoms with Crippen LogP contribution in [-0.2, 0) is 29.0 Å². The number of likely N-dealkylation sites (N-methyl/N-ethyl adjacent to an activating group) is 1. The minimum absolute atomic E-state index is 0.0307. The highest BCUT2D eigenvalue weighted by atomic mass is 32.1. The maximum Gasteiger partial charge on any atom is 0.260 e. The monoisotopic (exact) mass is 485 g/mol. The van der Waals surface area contributed by atoms with Crippen molar-refractivity contribution in [1.29, 1.82) is 0 Å². The summed E-state index contributed by atoms with van der Waals surface area (Å²) in [5.74, 6) is 0.260. The van der Waals surface area contributed by atoms with Crippen molar-refractivity contribution in [2.45, 2.75) is 40.3 Å². The van der Waals surface area contributed by atoms with E-state index in [1.807, 2.05) is 43.0 Å². The number of nitrogens with one attached hydrogen (secondary N) is 1. The second-order valence-electron chi connectivity index (χ2n) is 8.04. The number of carbonyl (C=O) groups excluding carboxylic acids is 1. The molecule has 4 aromatic rings. The first-order chi connectivity index (χ1) is 15.8. The molecule has 0 aliphatic heterocycles. The van der Waals surface area contributed by atoms with E-state index in [2.05, 4.69) is 15.1 Å². The van der Waals surface area contributed by atoms with Crippen LogP contribution in [0.15, 0.2) is 22.3 Å². The molecule has 0 aliphatic carbocycles. The van der Waals surface area contributed by atoms with Gasteiger partial charge in [0.15, 0.2) is 0 Å². The quantitative estimate of drug-likeness (QED) is 0.411. The average molecular weight is 486 g/mol. The molecular weight excluding hydrogens is 458 g/mol. The van der Waals surface area contributed by atoms with Gasteiger partial charge in [-0.25, -0.2) is 4.98 Å². The van der Waals surface area contributed by atoms with Gasteiger partial charge in [-0.1, -0.05) is 0 Å². The summed E-state index contributed by atoms with van der Waals surface area (Å²) in [6.07, 6.45) is 0.0307. The molecule has 4 aromatic heterocycles. The summed E-state index contributed by atoms with van der Waals surface area (Å²) in [4.78, 5) is 37.7. The summed E-state index contributed by atoms with van der Waals surface area (Å²) in [5, 5.41) is 7.11. The highest BCUT2D eigenvalue weighted by molar-refractivity contribution is 7.19. The van der Waals surface area contributed by atoms with E-state index >= 15 is 0 Å². The molecule has 0 unspecified atom stereocenters. The predicted octanol–water partition coefficient (Wildman–Crippen LogP) is 3.68. The van der Waals surface area contributed by atoms with Crippen molar-refractivity contribution in [3.05, 3.63) is 55.5 Å². The number of carbonyl (C=O) groups is 1. The van der Waals surface area contributed by atoms with Crippen LogP contribution in [0.2, 0.25) is 0 Å². The number of aromatic nitrogens is 4. The summed E-state index contributed by atoms with van der Waals surface area (Å²) in [6.45, 7) is 7.67. The first-order valence-electron chi connectivity index (χ1n) is 10.6. The molecule has 4 rings (SSSR count). The maximum absolute atomic E-state index is 12.9. The van der Waals surface area contributed by atoms with Crippen molar-refractivity contribution in [3.8, 4) is 10.4 Å². The van der Waals surface area contributed by atoms with Crippen LogP contribution in [0.3, 0.4) is 0 Å². The molecule has 4 heterocycles. The first kappa shape index (κ1) is 23.3. The van der Waals surface area contributed by atoms with E-state index in [4.69, 9.17) is 4.74 Å². The van der Waals surface area contributed by atoms with Crippen LogP contribution < -0.4 is 5.56 Å². The van der Waals surface area contributed by atoms with Crippen LogP contribution in [0.5, 0.6) is 0 Å². The van der Waals surface area contributed by atoms with Crippen molar-refractivity contribution in [2.24, 2.45) is 0 Å². The average Bonchev–Trinajstić information content (AvgIpc) is 3.46. The minimum Gasteiger partial charge on any atom is -0.383 e. The molecule has 0 spiro atoms. The van der Waals surface area contributed by atoms with Crippen LogP contribution in [0, 0.1) is 20.8 Å². The van der Waals surface area contributed by atoms with E-state index in [0.717, 1.165) is 27.4 Å². The minimum atomic E-state index is -0.209. The van der Waals surface area contributed by atoms with E-state index in [-0.39, 0.29) is 17.9 Å². The highest BCUT2D eigenvalue weighted by Crippen LogP contribution is 2.35. The van der Waals surface area contributed by atoms with Gasteiger partial charge in [0.1, 0.15) is 10.7 Å². The molecule has 0 saturated heterocycles. The van der Waals surface area contributed by atoms with Crippen LogP contribution in [-0.4, -0.2) is 51.3 Å². The molecule has 8 nitrogen and oxygen atoms in total. The smallest absolute Gasteiger partial charge is 0.260 e. The predicted molar refractivity (Wildman–Crippen MR) is 132 cm³/mol. The Kier molecular flexibility index (Phi) is 6.78. The van der Waals surface area contributed by atoms with Gasteiger partial charge in [0.05, 0.1) is 30.7 Å². The maximum atomic E-state index is 12.9. The van der Waals surface area contributed by atoms with Gasteiger partial charge in [-0.15, -0.1) is 22.7 Å². The van der Waals surface area contributed by atoms with Gasteiger partial charge in [-0.05, 0) is 32.9 Å². The number of fused-ring (bicyclic) bond motifs is 1. The lowest BCUT2D eigenvalue weighted by molar-refractivity contribution is -0.129. The zero-order chi connectivity index (χ0) is 23.7. The Morgan fingerprint density at radius 3 is 2.76 bits per heavy atom. The van der Waals surface area contributed by atoms with Crippen molar-refractivity contribution in [3.63, 3.8) is 0 Å². The lowest BCUT2D eigenvalue weighted by Crippen LogP contribution is -2.29. The molecule has 0 aliphatic rings. The largest absolute Gasteiger partial charge is 0.383 e. The number of methoxy groups -OCH3 is 1. The molecule has 10 heteroatoms. The third kappa shape index (κ3) is 4.78. The molecule has 0 aromatic carbocycles. The zero-order valence-electron chi connectivity index (χ0n) is 19.4. The van der Waals surface area contributed by atoms with Gasteiger partial charge in [0, 0.05) is 52.7 Å². The SMILES string of the molecule is COCCn1nc(C)c(CN(C)C(=O)Cc2nc3scc(-c4ccc(C)s4)c3c(=O)[nH]2)c1C. The number of amides is 1. The van der Waals surface area contributed by atoms with Gasteiger partial charge < -0.3 is 14.6 Å². The standard InChI is InChI=1S/C23H27N5O3S2/c1-13-6-7-18(33-13)17-12-32-23-21(17)22(30)24-19(25-23)10-20(29)27(4)11-16-14(2)26-28(15(16)3)8-9-31-5/h6-7,12H,8-11H2,1-5H3,(H,24,25,30). The van der Waals surface area contributed by atoms with Crippen molar-refractivity contribution >= 4 is 38.8 Å². The van der Waals surface area contributed by atoms with Gasteiger partial charge >= 0.3 is 0 Å². The van der Waals surface area contributed by atoms with Crippen molar-refractivity contribution in [1.82, 2.24) is 24.6 Å². The van der Waals surface area contributed by atoms with Crippen LogP contribution in [0.1, 0.15) is 27.7 Å². The zero-order valence-corrected chi connectivity index (χ0v) is 21.0. The Morgan fingerprint density at radius 2 is 2.06 bits per heavy atom. The topological polar surface area (TPSA) is 93.1 Å². The Morgan fingerprint density at radius 1 is 1.27 bits per heavy atom. The molecule has 1 amide bonds. The van der Waals surface area contributed by atoms with Gasteiger partial charge in [-0.2, -0.15) is 5.10 Å². The Bertz CT molecular complexity index is 1360. The molecule has 0 saturated carbocycles. The molecule has 1 N–H and O–H groups in total. The summed E-state index contributed by atoms with van der Waals surface area (Å²) in [7, 11) is 3.42. The number of H-pyrrole nitrogens is 1. The molecular formula is C23H27N5O3S2. The molecule has 33 heavy (non-hydrogen) atoms. The van der Waals surface area contributed by atoms with Crippen molar-refractivity contribution in [2.75, 3.05) is 20.8 Å². The Hall–Kier alpha value is -2.82. The number of aryl methyl sites for hydroxylation is 2. The van der Waals surface area contributed by atoms with E-state index < -0.39 is 0 Å². The van der Waals surface area contributed by atoms with Crippen molar-refractivity contribution < 1.29 is 9.53 Å². The van der Waals surface area contributed by atoms with Gasteiger partial charge in [-0.3, -0.25) is 14.3 Å². The van der Waals surface area contributed by atoms with E-state index in [1.54, 1.807) is 30.4 Å². The molecule has 0 bridgehead atoms. The van der Waals surface area contributed by atoms with E-state index in [0.29, 0.717) is 35.7 Å². The Balaban J connectivity index is 1.51. The molecule has 0 fully saturated rings. The first-order valence-corrected chi connectivity index (χ1v) is 12.3. The summed E-state index contributed by atoms with van der Waals surface area (Å²) in [6, 6.07) is 4.06. The number of ether oxygens (including phenoxy) is 1. The number of hydrogen-bond acceptors (Lipinski definition) is 7. The molecule has 174 valence electrons. The second kappa shape index (κ2) is 9.58. The number of aromatic amines is 1. The van der Waals surface area contributed by atoms with E-state index in [9.17, 15) is 9.59 Å². The summed E-state index contributed by atoms with van der Waals surface area (Å²) >= 11 is 3.08. The normalized spacial score (nSPS) is 11.4. The molecule has 0 atom stereocenters. The highest BCUT2D eigenvalue weighted by Gasteiger charge is 2.19. The summed E-state index contributed by atoms with van der Waals surface area (Å²) in [5.41, 5.74) is 3.62. The lowest BCUT2D eigenvalue weighted by Gasteiger charge is -2.17. The second-order valence-corrected chi connectivity index (χ2v) is 10.2. The lowest BCUT2D eigenvalue weighted by atomic mass is 10.2. The van der Waals surface area contributed by atoms with Gasteiger partial charge in [0.2, 0.25) is 5.91 Å². The molecule has 0 radical (unpaired) electrons. The van der Waals surface area contributed by atoms with Crippen LogP contribution in [0.25, 0.3) is 20.7 Å². The van der Waals surface area contributed by atoms with Crippen LogP contribution >= 0.6 is 22.7 Å². The van der Waals surface area contributed by atoms with Crippen LogP contribution in [0.4, 0.5) is 0 Å². The third-order valence-electron chi connectivity index (χ3n) is 5.68.